The van der Waals surface area contributed by atoms with Crippen molar-refractivity contribution < 1.29 is 10.2 Å². The largest absolute Gasteiger partial charge is 0.390 e. The van der Waals surface area contributed by atoms with E-state index < -0.39 is 12.2 Å². The number of halogens is 1. The summed E-state index contributed by atoms with van der Waals surface area (Å²) < 4.78 is 0. The maximum atomic E-state index is 9.50. The lowest BCUT2D eigenvalue weighted by Crippen LogP contribution is -2.18. The lowest BCUT2D eigenvalue weighted by atomic mass is 10.1. The summed E-state index contributed by atoms with van der Waals surface area (Å²) in [6, 6.07) is 1.47. The first-order valence-electron chi connectivity index (χ1n) is 3.88. The summed E-state index contributed by atoms with van der Waals surface area (Å²) >= 11 is 5.41. The summed E-state index contributed by atoms with van der Waals surface area (Å²) in [7, 11) is 0. The molecule has 5 nitrogen and oxygen atoms in total. The van der Waals surface area contributed by atoms with E-state index in [1.54, 1.807) is 0 Å². The van der Waals surface area contributed by atoms with Crippen molar-refractivity contribution in [3.05, 3.63) is 11.8 Å². The molecular formula is C7H12ClN3O2. The fourth-order valence-electron chi connectivity index (χ4n) is 0.981. The van der Waals surface area contributed by atoms with Gasteiger partial charge in [0.1, 0.15) is 11.9 Å². The number of nitrogens with two attached hydrogens (primary N) is 1. The topological polar surface area (TPSA) is 95.2 Å². The van der Waals surface area contributed by atoms with Crippen LogP contribution in [-0.4, -0.2) is 32.4 Å². The maximum absolute atomic E-state index is 9.50. The van der Waals surface area contributed by atoms with Crippen LogP contribution in [0.5, 0.6) is 0 Å². The number of alkyl halides is 1. The van der Waals surface area contributed by atoms with E-state index in [-0.39, 0.29) is 5.82 Å². The zero-order valence-electron chi connectivity index (χ0n) is 6.94. The van der Waals surface area contributed by atoms with Crippen LogP contribution in [0, 0.1) is 0 Å². The quantitative estimate of drug-likeness (QED) is 0.521. The molecule has 0 amide bonds. The molecule has 0 aliphatic carbocycles. The predicted octanol–water partition coefficient (Wildman–Crippen LogP) is 0.0151. The number of nitrogens with zero attached hydrogens (tertiary/aromatic N) is 1. The van der Waals surface area contributed by atoms with Gasteiger partial charge < -0.3 is 15.9 Å². The van der Waals surface area contributed by atoms with Crippen molar-refractivity contribution >= 4 is 17.4 Å². The highest BCUT2D eigenvalue weighted by molar-refractivity contribution is 6.17. The standard InChI is InChI=1S/C7H12ClN3O2/c8-2-1-5(12)7(13)4-3-6(9)11-10-4/h3,5,7,12-13H,1-2H2,(H3,9,10,11). The molecule has 0 aliphatic rings. The van der Waals surface area contributed by atoms with Gasteiger partial charge in [0.15, 0.2) is 0 Å². The third kappa shape index (κ3) is 2.58. The van der Waals surface area contributed by atoms with Gasteiger partial charge in [-0.1, -0.05) is 0 Å². The molecule has 1 heterocycles. The Morgan fingerprint density at radius 3 is 2.77 bits per heavy atom. The molecule has 0 spiro atoms. The fraction of sp³-hybridized carbons (Fsp3) is 0.571. The second-order valence-electron chi connectivity index (χ2n) is 2.74. The third-order valence-corrected chi connectivity index (χ3v) is 1.92. The van der Waals surface area contributed by atoms with E-state index in [2.05, 4.69) is 10.2 Å². The molecule has 1 rings (SSSR count). The van der Waals surface area contributed by atoms with E-state index in [1.165, 1.54) is 6.07 Å². The number of hydrogen-bond acceptors (Lipinski definition) is 4. The predicted molar refractivity (Wildman–Crippen MR) is 49.3 cm³/mol. The summed E-state index contributed by atoms with van der Waals surface area (Å²) in [6.45, 7) is 0. The molecule has 2 unspecified atom stereocenters. The van der Waals surface area contributed by atoms with Gasteiger partial charge in [0.2, 0.25) is 0 Å². The van der Waals surface area contributed by atoms with Crippen LogP contribution in [0.3, 0.4) is 0 Å². The van der Waals surface area contributed by atoms with E-state index in [4.69, 9.17) is 17.3 Å². The fourth-order valence-corrected chi connectivity index (χ4v) is 1.20. The van der Waals surface area contributed by atoms with Crippen molar-refractivity contribution in [1.29, 1.82) is 0 Å². The molecular weight excluding hydrogens is 194 g/mol. The Morgan fingerprint density at radius 2 is 2.31 bits per heavy atom. The van der Waals surface area contributed by atoms with Crippen LogP contribution in [0.1, 0.15) is 18.2 Å². The molecule has 0 radical (unpaired) electrons. The van der Waals surface area contributed by atoms with E-state index in [0.717, 1.165) is 0 Å². The lowest BCUT2D eigenvalue weighted by Gasteiger charge is -2.14. The van der Waals surface area contributed by atoms with Gasteiger partial charge in [-0.15, -0.1) is 11.6 Å². The van der Waals surface area contributed by atoms with Gasteiger partial charge in [-0.3, -0.25) is 5.10 Å². The van der Waals surface area contributed by atoms with Crippen LogP contribution in [0.2, 0.25) is 0 Å². The molecule has 13 heavy (non-hydrogen) atoms. The normalized spacial score (nSPS) is 15.6. The van der Waals surface area contributed by atoms with Crippen molar-refractivity contribution in [2.45, 2.75) is 18.6 Å². The molecule has 0 saturated heterocycles. The molecule has 0 aliphatic heterocycles. The minimum Gasteiger partial charge on any atom is -0.390 e. The zero-order chi connectivity index (χ0) is 9.84. The van der Waals surface area contributed by atoms with Crippen molar-refractivity contribution in [2.75, 3.05) is 11.6 Å². The average molecular weight is 206 g/mol. The number of aromatic amines is 1. The molecule has 0 aromatic carbocycles. The number of anilines is 1. The smallest absolute Gasteiger partial charge is 0.145 e. The van der Waals surface area contributed by atoms with Crippen LogP contribution >= 0.6 is 11.6 Å². The highest BCUT2D eigenvalue weighted by atomic mass is 35.5. The van der Waals surface area contributed by atoms with Crippen molar-refractivity contribution in [2.24, 2.45) is 0 Å². The SMILES string of the molecule is Nc1cc(C(O)C(O)CCCl)[nH]n1. The molecule has 2 atom stereocenters. The van der Waals surface area contributed by atoms with Gasteiger partial charge in [0.05, 0.1) is 11.8 Å². The minimum absolute atomic E-state index is 0.284. The highest BCUT2D eigenvalue weighted by Gasteiger charge is 2.19. The number of aromatic nitrogens is 2. The molecule has 0 bridgehead atoms. The van der Waals surface area contributed by atoms with Crippen LogP contribution < -0.4 is 5.73 Å². The molecule has 5 N–H and O–H groups in total. The first kappa shape index (κ1) is 10.3. The van der Waals surface area contributed by atoms with Gasteiger partial charge in [0.25, 0.3) is 0 Å². The Balaban J connectivity index is 2.61. The summed E-state index contributed by atoms with van der Waals surface area (Å²) in [6.07, 6.45) is -1.58. The van der Waals surface area contributed by atoms with Crippen molar-refractivity contribution in [1.82, 2.24) is 10.2 Å². The average Bonchev–Trinajstić information content (AvgIpc) is 2.51. The molecule has 1 aromatic heterocycles. The van der Waals surface area contributed by atoms with Gasteiger partial charge in [0, 0.05) is 11.9 Å². The number of nitrogen functional groups attached to an aromatic ring is 1. The summed E-state index contributed by atoms with van der Waals surface area (Å²) in [5, 5.41) is 25.0. The summed E-state index contributed by atoms with van der Waals surface area (Å²) in [5.41, 5.74) is 5.73. The molecule has 0 saturated carbocycles. The number of rotatable bonds is 4. The van der Waals surface area contributed by atoms with Gasteiger partial charge in [-0.05, 0) is 6.42 Å². The van der Waals surface area contributed by atoms with E-state index >= 15 is 0 Å². The molecule has 6 heteroatoms. The van der Waals surface area contributed by atoms with Crippen molar-refractivity contribution in [3.8, 4) is 0 Å². The van der Waals surface area contributed by atoms with Crippen LogP contribution in [-0.2, 0) is 0 Å². The Bertz CT molecular complexity index is 266. The number of H-pyrrole nitrogens is 1. The summed E-state index contributed by atoms with van der Waals surface area (Å²) in [4.78, 5) is 0. The van der Waals surface area contributed by atoms with Crippen LogP contribution in [0.25, 0.3) is 0 Å². The number of hydrogen-bond donors (Lipinski definition) is 4. The van der Waals surface area contributed by atoms with Gasteiger partial charge >= 0.3 is 0 Å². The Kier molecular flexibility index (Phi) is 3.53. The van der Waals surface area contributed by atoms with Gasteiger partial charge in [-0.2, -0.15) is 5.10 Å². The third-order valence-electron chi connectivity index (χ3n) is 1.71. The van der Waals surface area contributed by atoms with Crippen LogP contribution in [0.15, 0.2) is 6.07 Å². The summed E-state index contributed by atoms with van der Waals surface area (Å²) in [5.74, 6) is 0.578. The number of nitrogens with one attached hydrogen (secondary N) is 1. The molecule has 1 aromatic rings. The van der Waals surface area contributed by atoms with E-state index in [9.17, 15) is 10.2 Å². The first-order chi connectivity index (χ1) is 6.15. The first-order valence-corrected chi connectivity index (χ1v) is 4.41. The Hall–Kier alpha value is -0.780. The Labute approximate surface area is 80.5 Å². The minimum atomic E-state index is -1.01. The Morgan fingerprint density at radius 1 is 1.62 bits per heavy atom. The monoisotopic (exact) mass is 205 g/mol. The zero-order valence-corrected chi connectivity index (χ0v) is 7.70. The van der Waals surface area contributed by atoms with Crippen LogP contribution in [0.4, 0.5) is 5.82 Å². The molecule has 74 valence electrons. The highest BCUT2D eigenvalue weighted by Crippen LogP contribution is 2.18. The second kappa shape index (κ2) is 4.45. The molecule has 0 fully saturated rings. The van der Waals surface area contributed by atoms with E-state index in [0.29, 0.717) is 18.0 Å². The van der Waals surface area contributed by atoms with Gasteiger partial charge in [-0.25, -0.2) is 0 Å². The second-order valence-corrected chi connectivity index (χ2v) is 3.12. The lowest BCUT2D eigenvalue weighted by molar-refractivity contribution is 0.0144. The van der Waals surface area contributed by atoms with E-state index in [1.807, 2.05) is 0 Å². The number of aliphatic hydroxyl groups is 2. The number of aliphatic hydroxyl groups excluding tert-OH is 2. The van der Waals surface area contributed by atoms with Crippen molar-refractivity contribution in [3.63, 3.8) is 0 Å². The maximum Gasteiger partial charge on any atom is 0.145 e.